The lowest BCUT2D eigenvalue weighted by atomic mass is 10.2. The average molecular weight is 500 g/mol. The number of carbonyl (C=O) groups excluding carboxylic acids is 2. The summed E-state index contributed by atoms with van der Waals surface area (Å²) in [5.41, 5.74) is 0.992. The Kier molecular flexibility index (Phi) is 10.0. The molecule has 0 aliphatic carbocycles. The lowest BCUT2D eigenvalue weighted by Crippen LogP contribution is -2.51. The summed E-state index contributed by atoms with van der Waals surface area (Å²) in [6.45, 7) is 2.92. The summed E-state index contributed by atoms with van der Waals surface area (Å²) in [5, 5.41) is 24.2. The van der Waals surface area contributed by atoms with E-state index in [1.54, 1.807) is 4.90 Å². The highest BCUT2D eigenvalue weighted by Crippen LogP contribution is 2.31. The van der Waals surface area contributed by atoms with E-state index in [0.717, 1.165) is 31.6 Å². The summed E-state index contributed by atoms with van der Waals surface area (Å²) in [4.78, 5) is 44.5. The van der Waals surface area contributed by atoms with Gasteiger partial charge in [0.15, 0.2) is 5.69 Å². The fourth-order valence-corrected chi connectivity index (χ4v) is 4.51. The molecule has 1 aromatic carbocycles. The van der Waals surface area contributed by atoms with Crippen LogP contribution in [0.4, 0.5) is 5.00 Å². The Morgan fingerprint density at radius 2 is 1.83 bits per heavy atom. The molecule has 2 amide bonds. The molecule has 35 heavy (non-hydrogen) atoms. The molecule has 1 fully saturated rings. The molecule has 186 valence electrons. The predicted molar refractivity (Wildman–Crippen MR) is 133 cm³/mol. The van der Waals surface area contributed by atoms with Crippen LogP contribution in [-0.2, 0) is 9.59 Å². The highest BCUT2D eigenvalue weighted by atomic mass is 32.1. The number of nitrogens with one attached hydrogen (secondary N) is 2. The molecule has 2 heterocycles. The molecular weight excluding hydrogens is 470 g/mol. The molecule has 0 spiro atoms. The Hall–Kier alpha value is -3.46. The van der Waals surface area contributed by atoms with Crippen LogP contribution in [0.2, 0.25) is 0 Å². The highest BCUT2D eigenvalue weighted by Gasteiger charge is 2.23. The maximum atomic E-state index is 12.9. The lowest BCUT2D eigenvalue weighted by molar-refractivity contribution is -0.137. The smallest absolute Gasteiger partial charge is 0.303 e. The number of hydrogen-bond acceptors (Lipinski definition) is 8. The van der Waals surface area contributed by atoms with E-state index in [9.17, 15) is 14.4 Å². The van der Waals surface area contributed by atoms with Crippen LogP contribution >= 0.6 is 11.3 Å². The number of carboxylic acids is 1. The largest absolute Gasteiger partial charge is 0.481 e. The van der Waals surface area contributed by atoms with E-state index in [1.165, 1.54) is 11.3 Å². The first-order chi connectivity index (χ1) is 17.0. The Morgan fingerprint density at radius 1 is 1.09 bits per heavy atom. The van der Waals surface area contributed by atoms with Crippen LogP contribution in [0.25, 0.3) is 10.6 Å². The van der Waals surface area contributed by atoms with Gasteiger partial charge in [0.2, 0.25) is 5.91 Å². The standard InChI is InChI=1S/C24H29N5O5S/c30-16-6-10-25-24-21(27-23(35-24)18-7-2-1-3-8-18)22(34)26-17-19(31)29-14-12-28(13-15-29)11-5-4-9-20(32)33/h1-3,7-8,25,30H,4-5,9,11-17H2,(H,26,34)(H,32,33). The Labute approximate surface area is 208 Å². The minimum absolute atomic E-state index is 0.139. The first-order valence-corrected chi connectivity index (χ1v) is 12.2. The normalized spacial score (nSPS) is 13.6. The van der Waals surface area contributed by atoms with Crippen LogP contribution in [0.1, 0.15) is 29.8 Å². The third kappa shape index (κ3) is 8.06. The minimum Gasteiger partial charge on any atom is -0.481 e. The van der Waals surface area contributed by atoms with Gasteiger partial charge in [-0.25, -0.2) is 4.98 Å². The van der Waals surface area contributed by atoms with Crippen LogP contribution in [0.5, 0.6) is 0 Å². The van der Waals surface area contributed by atoms with Gasteiger partial charge in [-0.3, -0.25) is 19.3 Å². The maximum Gasteiger partial charge on any atom is 0.303 e. The molecule has 0 radical (unpaired) electrons. The number of aliphatic hydroxyl groups is 1. The molecule has 1 aliphatic heterocycles. The zero-order valence-electron chi connectivity index (χ0n) is 19.3. The second-order valence-corrected chi connectivity index (χ2v) is 8.90. The van der Waals surface area contributed by atoms with Gasteiger partial charge >= 0.3 is 5.97 Å². The number of benzene rings is 1. The number of carbonyl (C=O) groups is 3. The van der Waals surface area contributed by atoms with E-state index < -0.39 is 11.9 Å². The summed E-state index contributed by atoms with van der Waals surface area (Å²) in [6, 6.07) is 12.0. The van der Waals surface area contributed by atoms with Crippen molar-refractivity contribution >= 4 is 34.1 Å². The van der Waals surface area contributed by atoms with Crippen molar-refractivity contribution in [2.45, 2.75) is 19.3 Å². The van der Waals surface area contributed by atoms with Gasteiger partial charge in [-0.2, -0.15) is 0 Å². The van der Waals surface area contributed by atoms with Crippen LogP contribution in [0, 0.1) is 12.0 Å². The van der Waals surface area contributed by atoms with Crippen LogP contribution in [0.3, 0.4) is 0 Å². The second kappa shape index (κ2) is 13.4. The molecule has 1 aliphatic rings. The number of aliphatic carboxylic acids is 1. The van der Waals surface area contributed by atoms with E-state index in [-0.39, 0.29) is 31.2 Å². The van der Waals surface area contributed by atoms with Gasteiger partial charge in [-0.05, 0) is 19.4 Å². The average Bonchev–Trinajstić information content (AvgIpc) is 3.30. The number of aromatic nitrogens is 1. The molecule has 2 aromatic rings. The van der Waals surface area contributed by atoms with Gasteiger partial charge in [0.05, 0.1) is 6.54 Å². The topological polar surface area (TPSA) is 135 Å². The Bertz CT molecular complexity index is 1070. The van der Waals surface area contributed by atoms with Gasteiger partial charge in [-0.1, -0.05) is 47.6 Å². The minimum atomic E-state index is -0.780. The zero-order valence-corrected chi connectivity index (χ0v) is 20.1. The van der Waals surface area contributed by atoms with Crippen molar-refractivity contribution in [1.29, 1.82) is 0 Å². The number of thiazole rings is 1. The van der Waals surface area contributed by atoms with Gasteiger partial charge in [0, 0.05) is 44.2 Å². The highest BCUT2D eigenvalue weighted by molar-refractivity contribution is 7.19. The monoisotopic (exact) mass is 499 g/mol. The number of carboxylic acid groups (broad SMARTS) is 1. The quantitative estimate of drug-likeness (QED) is 0.218. The summed E-state index contributed by atoms with van der Waals surface area (Å²) in [6.07, 6.45) is 1.63. The van der Waals surface area contributed by atoms with Gasteiger partial charge < -0.3 is 25.7 Å². The first-order valence-electron chi connectivity index (χ1n) is 11.4. The fourth-order valence-electron chi connectivity index (χ4n) is 3.59. The third-order valence-electron chi connectivity index (χ3n) is 5.45. The molecule has 0 saturated carbocycles. The number of piperazine rings is 1. The van der Waals surface area contributed by atoms with E-state index in [1.807, 2.05) is 30.3 Å². The summed E-state index contributed by atoms with van der Waals surface area (Å²) in [5.74, 6) is 1.05. The lowest BCUT2D eigenvalue weighted by Gasteiger charge is -2.34. The van der Waals surface area contributed by atoms with Crippen molar-refractivity contribution in [3.63, 3.8) is 0 Å². The van der Waals surface area contributed by atoms with Crippen LogP contribution in [0.15, 0.2) is 30.3 Å². The molecular formula is C24H29N5O5S. The fraction of sp³-hybridized carbons (Fsp3) is 0.417. The molecule has 10 nitrogen and oxygen atoms in total. The van der Waals surface area contributed by atoms with Gasteiger partial charge in [-0.15, -0.1) is 0 Å². The van der Waals surface area contributed by atoms with E-state index in [0.29, 0.717) is 29.5 Å². The SMILES string of the molecule is O=C(O)CCCCN1CCN(C(=O)CNC(=O)c2nc(-c3ccccc3)sc2NC#CCO)CC1. The number of unbranched alkanes of at least 4 members (excludes halogenated alkanes) is 1. The van der Waals surface area contributed by atoms with Gasteiger partial charge in [0.1, 0.15) is 16.6 Å². The number of rotatable bonds is 10. The Morgan fingerprint density at radius 3 is 2.51 bits per heavy atom. The predicted octanol–water partition coefficient (Wildman–Crippen LogP) is 1.30. The van der Waals surface area contributed by atoms with Crippen molar-refractivity contribution in [2.24, 2.45) is 0 Å². The zero-order chi connectivity index (χ0) is 25.0. The van der Waals surface area contributed by atoms with Crippen molar-refractivity contribution in [1.82, 2.24) is 20.1 Å². The van der Waals surface area contributed by atoms with Crippen molar-refractivity contribution in [3.8, 4) is 22.5 Å². The third-order valence-corrected chi connectivity index (χ3v) is 6.47. The molecule has 4 N–H and O–H groups in total. The number of amides is 2. The second-order valence-electron chi connectivity index (χ2n) is 7.90. The van der Waals surface area contributed by atoms with Crippen molar-refractivity contribution in [2.75, 3.05) is 51.2 Å². The summed E-state index contributed by atoms with van der Waals surface area (Å²) < 4.78 is 0. The Balaban J connectivity index is 1.52. The summed E-state index contributed by atoms with van der Waals surface area (Å²) in [7, 11) is 0. The van der Waals surface area contributed by atoms with Crippen LogP contribution in [-0.4, -0.2) is 88.7 Å². The number of anilines is 1. The molecule has 0 unspecified atom stereocenters. The van der Waals surface area contributed by atoms with Gasteiger partial charge in [0.25, 0.3) is 5.91 Å². The van der Waals surface area contributed by atoms with E-state index >= 15 is 0 Å². The molecule has 11 heteroatoms. The maximum absolute atomic E-state index is 12.9. The van der Waals surface area contributed by atoms with E-state index in [4.69, 9.17) is 10.2 Å². The number of aliphatic hydroxyl groups excluding tert-OH is 1. The number of nitrogens with zero attached hydrogens (tertiary/aromatic N) is 3. The number of hydrogen-bond donors (Lipinski definition) is 4. The molecule has 3 rings (SSSR count). The molecule has 0 atom stereocenters. The summed E-state index contributed by atoms with van der Waals surface area (Å²) >= 11 is 1.26. The van der Waals surface area contributed by atoms with Crippen molar-refractivity contribution in [3.05, 3.63) is 36.0 Å². The van der Waals surface area contributed by atoms with Crippen LogP contribution < -0.4 is 10.6 Å². The molecule has 1 aromatic heterocycles. The molecule has 0 bridgehead atoms. The van der Waals surface area contributed by atoms with Crippen molar-refractivity contribution < 1.29 is 24.6 Å². The molecule has 1 saturated heterocycles. The van der Waals surface area contributed by atoms with E-state index in [2.05, 4.69) is 32.5 Å². The first kappa shape index (κ1) is 26.2.